The first-order valence-electron chi connectivity index (χ1n) is 11.3. The summed E-state index contributed by atoms with van der Waals surface area (Å²) < 4.78 is 5.99. The molecule has 2 heterocycles. The molecule has 8 heteroatoms. The lowest BCUT2D eigenvalue weighted by Crippen LogP contribution is -2.45. The van der Waals surface area contributed by atoms with Gasteiger partial charge in [0.2, 0.25) is 5.88 Å². The van der Waals surface area contributed by atoms with Gasteiger partial charge in [-0.25, -0.2) is 0 Å². The Balaban J connectivity index is 1.79. The van der Waals surface area contributed by atoms with Gasteiger partial charge in [0.25, 0.3) is 5.91 Å². The van der Waals surface area contributed by atoms with Crippen molar-refractivity contribution in [2.45, 2.75) is 58.2 Å². The number of piperidine rings is 1. The van der Waals surface area contributed by atoms with Crippen molar-refractivity contribution >= 4 is 29.0 Å². The van der Waals surface area contributed by atoms with E-state index in [2.05, 4.69) is 34.8 Å². The fourth-order valence-corrected chi connectivity index (χ4v) is 3.73. The summed E-state index contributed by atoms with van der Waals surface area (Å²) in [7, 11) is 0. The first kappa shape index (κ1) is 24.0. The fourth-order valence-electron chi connectivity index (χ4n) is 3.60. The van der Waals surface area contributed by atoms with E-state index in [9.17, 15) is 4.79 Å². The van der Waals surface area contributed by atoms with Crippen LogP contribution in [0, 0.1) is 5.41 Å². The molecule has 1 fully saturated rings. The van der Waals surface area contributed by atoms with Crippen LogP contribution >= 0.6 is 11.6 Å². The van der Waals surface area contributed by atoms with E-state index in [1.54, 1.807) is 12.1 Å². The Bertz CT molecular complexity index is 909. The van der Waals surface area contributed by atoms with E-state index in [1.807, 2.05) is 24.3 Å². The number of carbonyl (C=O) groups is 1. The number of rotatable bonds is 10. The van der Waals surface area contributed by atoms with Crippen molar-refractivity contribution in [3.05, 3.63) is 52.5 Å². The molecule has 2 aromatic rings. The van der Waals surface area contributed by atoms with Crippen molar-refractivity contribution in [2.24, 2.45) is 0 Å². The van der Waals surface area contributed by atoms with Crippen LogP contribution in [-0.2, 0) is 11.3 Å². The molecule has 1 amide bonds. The number of benzene rings is 1. The number of carbonyl (C=O) groups excluding carboxylic acids is 1. The lowest BCUT2D eigenvalue weighted by Gasteiger charge is -2.24. The summed E-state index contributed by atoms with van der Waals surface area (Å²) in [6.07, 6.45) is 3.55. The van der Waals surface area contributed by atoms with Gasteiger partial charge in [-0.15, -0.1) is 0 Å². The predicted octanol–water partition coefficient (Wildman–Crippen LogP) is 4.15. The fraction of sp³-hybridized carbons (Fsp3) is 0.458. The summed E-state index contributed by atoms with van der Waals surface area (Å²) in [6.45, 7) is 6.37. The molecule has 1 aromatic heterocycles. The van der Waals surface area contributed by atoms with Crippen LogP contribution in [0.5, 0.6) is 5.88 Å². The van der Waals surface area contributed by atoms with E-state index in [0.717, 1.165) is 44.3 Å². The largest absolute Gasteiger partial charge is 0.474 e. The van der Waals surface area contributed by atoms with Gasteiger partial charge in [-0.1, -0.05) is 37.6 Å². The maximum atomic E-state index is 12.8. The number of anilines is 1. The van der Waals surface area contributed by atoms with Gasteiger partial charge in [-0.3, -0.25) is 10.2 Å². The average molecular weight is 458 g/mol. The van der Waals surface area contributed by atoms with Crippen molar-refractivity contribution < 1.29 is 9.53 Å². The highest BCUT2D eigenvalue weighted by molar-refractivity contribution is 6.45. The van der Waals surface area contributed by atoms with Crippen molar-refractivity contribution in [1.82, 2.24) is 15.6 Å². The van der Waals surface area contributed by atoms with Crippen LogP contribution in [0.25, 0.3) is 0 Å². The van der Waals surface area contributed by atoms with Crippen molar-refractivity contribution in [3.63, 3.8) is 0 Å². The Kier molecular flexibility index (Phi) is 8.88. The molecule has 0 radical (unpaired) electrons. The lowest BCUT2D eigenvalue weighted by atomic mass is 10.1. The van der Waals surface area contributed by atoms with Gasteiger partial charge in [0.1, 0.15) is 11.5 Å². The standard InChI is InChI=1S/C24H32ClN5O2/c1-3-19(4-2)32-21-10-9-20(22(26)24(31)29-18-11-13-27-14-12-18)23(30-21)28-15-16-5-7-17(25)8-6-16/h5-10,18-19,26-27H,3-4,11-15H2,1-2H3,(H,28,30)(H,29,31). The lowest BCUT2D eigenvalue weighted by molar-refractivity contribution is -0.115. The Morgan fingerprint density at radius 1 is 1.19 bits per heavy atom. The summed E-state index contributed by atoms with van der Waals surface area (Å²) in [4.78, 5) is 17.4. The molecule has 1 aromatic carbocycles. The topological polar surface area (TPSA) is 99.1 Å². The summed E-state index contributed by atoms with van der Waals surface area (Å²) in [5.41, 5.74) is 1.35. The van der Waals surface area contributed by atoms with Gasteiger partial charge in [-0.2, -0.15) is 4.98 Å². The van der Waals surface area contributed by atoms with Crippen LogP contribution in [0.4, 0.5) is 5.82 Å². The number of nitrogens with zero attached hydrogens (tertiary/aromatic N) is 1. The third kappa shape index (κ3) is 6.68. The predicted molar refractivity (Wildman–Crippen MR) is 129 cm³/mol. The smallest absolute Gasteiger partial charge is 0.270 e. The first-order chi connectivity index (χ1) is 15.5. The van der Waals surface area contributed by atoms with Crippen LogP contribution in [-0.4, -0.2) is 41.8 Å². The maximum Gasteiger partial charge on any atom is 0.270 e. The minimum absolute atomic E-state index is 0.0696. The Morgan fingerprint density at radius 2 is 1.88 bits per heavy atom. The van der Waals surface area contributed by atoms with Gasteiger partial charge in [0, 0.05) is 29.2 Å². The summed E-state index contributed by atoms with van der Waals surface area (Å²) in [6, 6.07) is 11.1. The zero-order valence-electron chi connectivity index (χ0n) is 18.7. The zero-order chi connectivity index (χ0) is 22.9. The van der Waals surface area contributed by atoms with Gasteiger partial charge in [0.15, 0.2) is 0 Å². The third-order valence-corrected chi connectivity index (χ3v) is 5.86. The van der Waals surface area contributed by atoms with E-state index < -0.39 is 0 Å². The second-order valence-corrected chi connectivity index (χ2v) is 8.39. The SMILES string of the molecule is CCC(CC)Oc1ccc(C(=N)C(=O)NC2CCNCC2)c(NCc2ccc(Cl)cc2)n1. The molecule has 3 rings (SSSR count). The number of halogens is 1. The molecule has 0 bridgehead atoms. The molecule has 1 aliphatic rings. The third-order valence-electron chi connectivity index (χ3n) is 5.61. The monoisotopic (exact) mass is 457 g/mol. The maximum absolute atomic E-state index is 12.8. The molecule has 0 atom stereocenters. The minimum atomic E-state index is -0.387. The summed E-state index contributed by atoms with van der Waals surface area (Å²) >= 11 is 5.98. The van der Waals surface area contributed by atoms with Crippen molar-refractivity contribution in [3.8, 4) is 5.88 Å². The summed E-state index contributed by atoms with van der Waals surface area (Å²) in [5, 5.41) is 18.7. The molecule has 32 heavy (non-hydrogen) atoms. The molecule has 0 unspecified atom stereocenters. The number of hydrogen-bond acceptors (Lipinski definition) is 6. The average Bonchev–Trinajstić information content (AvgIpc) is 2.82. The quantitative estimate of drug-likeness (QED) is 0.402. The molecule has 0 saturated carbocycles. The van der Waals surface area contributed by atoms with E-state index in [4.69, 9.17) is 21.7 Å². The molecule has 7 nitrogen and oxygen atoms in total. The van der Waals surface area contributed by atoms with Crippen molar-refractivity contribution in [2.75, 3.05) is 18.4 Å². The molecule has 172 valence electrons. The normalized spacial score (nSPS) is 14.2. The van der Waals surface area contributed by atoms with E-state index in [1.165, 1.54) is 0 Å². The molecular weight excluding hydrogens is 426 g/mol. The van der Waals surface area contributed by atoms with Crippen LogP contribution in [0.3, 0.4) is 0 Å². The number of hydrogen-bond donors (Lipinski definition) is 4. The molecule has 1 aliphatic heterocycles. The van der Waals surface area contributed by atoms with E-state index in [-0.39, 0.29) is 23.8 Å². The van der Waals surface area contributed by atoms with Gasteiger partial charge in [-0.05, 0) is 62.5 Å². The molecule has 4 N–H and O–H groups in total. The van der Waals surface area contributed by atoms with Crippen LogP contribution in [0.2, 0.25) is 5.02 Å². The highest BCUT2D eigenvalue weighted by atomic mass is 35.5. The van der Waals surface area contributed by atoms with Gasteiger partial charge < -0.3 is 20.7 Å². The number of amides is 1. The molecule has 0 spiro atoms. The number of nitrogens with one attached hydrogen (secondary N) is 4. The van der Waals surface area contributed by atoms with Crippen LogP contribution in [0.15, 0.2) is 36.4 Å². The molecule has 1 saturated heterocycles. The van der Waals surface area contributed by atoms with Gasteiger partial charge in [0.05, 0.1) is 6.10 Å². The highest BCUT2D eigenvalue weighted by Gasteiger charge is 2.22. The van der Waals surface area contributed by atoms with Crippen molar-refractivity contribution in [1.29, 1.82) is 5.41 Å². The van der Waals surface area contributed by atoms with E-state index in [0.29, 0.717) is 28.8 Å². The first-order valence-corrected chi connectivity index (χ1v) is 11.6. The second kappa shape index (κ2) is 11.8. The zero-order valence-corrected chi connectivity index (χ0v) is 19.5. The summed E-state index contributed by atoms with van der Waals surface area (Å²) in [5.74, 6) is 0.545. The molecule has 0 aliphatic carbocycles. The minimum Gasteiger partial charge on any atom is -0.474 e. The second-order valence-electron chi connectivity index (χ2n) is 7.95. The van der Waals surface area contributed by atoms with E-state index >= 15 is 0 Å². The Hall–Kier alpha value is -2.64. The number of pyridine rings is 1. The van der Waals surface area contributed by atoms with Crippen LogP contribution < -0.4 is 20.7 Å². The number of ether oxygens (including phenoxy) is 1. The Labute approximate surface area is 194 Å². The van der Waals surface area contributed by atoms with Gasteiger partial charge >= 0.3 is 0 Å². The Morgan fingerprint density at radius 3 is 2.53 bits per heavy atom. The van der Waals surface area contributed by atoms with Crippen LogP contribution in [0.1, 0.15) is 50.7 Å². The highest BCUT2D eigenvalue weighted by Crippen LogP contribution is 2.22. The molecular formula is C24H32ClN5O2. The number of aromatic nitrogens is 1.